The molecule has 8 rings (SSSR count). The van der Waals surface area contributed by atoms with Gasteiger partial charge in [0.05, 0.1) is 24.5 Å². The van der Waals surface area contributed by atoms with Gasteiger partial charge in [-0.25, -0.2) is 29.9 Å². The van der Waals surface area contributed by atoms with Crippen molar-refractivity contribution in [2.75, 3.05) is 37.0 Å². The maximum absolute atomic E-state index is 12.4. The monoisotopic (exact) mass is 1410 g/mol. The summed E-state index contributed by atoms with van der Waals surface area (Å²) in [5, 5.41) is 9.91. The molecule has 0 fully saturated rings. The van der Waals surface area contributed by atoms with Crippen molar-refractivity contribution in [3.05, 3.63) is 97.3 Å². The van der Waals surface area contributed by atoms with E-state index < -0.39 is 18.4 Å². The van der Waals surface area contributed by atoms with E-state index >= 15 is 0 Å². The average molecular weight is 1410 g/mol. The fourth-order valence-corrected chi connectivity index (χ4v) is 27.7. The van der Waals surface area contributed by atoms with Crippen LogP contribution in [0.1, 0.15) is 225 Å². The molecule has 5 aromatic heterocycles. The van der Waals surface area contributed by atoms with Crippen molar-refractivity contribution in [1.82, 2.24) is 55.8 Å². The summed E-state index contributed by atoms with van der Waals surface area (Å²) in [4.78, 5) is 74.9. The first kappa shape index (κ1) is 77.7. The van der Waals surface area contributed by atoms with Crippen molar-refractivity contribution < 1.29 is 14.4 Å². The number of aryl methyl sites for hydroxylation is 5. The van der Waals surface area contributed by atoms with Crippen LogP contribution in [0, 0.1) is 13.8 Å². The first-order valence-electron chi connectivity index (χ1n) is 33.3. The zero-order chi connectivity index (χ0) is 66.8. The van der Waals surface area contributed by atoms with Crippen LogP contribution in [0.4, 0.5) is 11.6 Å². The fourth-order valence-electron chi connectivity index (χ4n) is 11.4. The molecular formula is C70H110Cl3N13O3Sn. The van der Waals surface area contributed by atoms with E-state index in [1.807, 2.05) is 112 Å². The largest absolute Gasteiger partial charge is 0.350 e. The van der Waals surface area contributed by atoms with Gasteiger partial charge < -0.3 is 25.8 Å². The number of aromatic nitrogens is 8. The first-order chi connectivity index (χ1) is 42.4. The first-order valence-corrected chi connectivity index (χ1v) is 41.9. The quantitative estimate of drug-likeness (QED) is 0.0401. The number of nitrogens with one attached hydrogen (secondary N) is 3. The van der Waals surface area contributed by atoms with Crippen LogP contribution in [0.5, 0.6) is 0 Å². The van der Waals surface area contributed by atoms with Gasteiger partial charge in [0.25, 0.3) is 0 Å². The summed E-state index contributed by atoms with van der Waals surface area (Å²) in [6.45, 7) is 31.6. The predicted octanol–water partition coefficient (Wildman–Crippen LogP) is 15.2. The number of amides is 3. The van der Waals surface area contributed by atoms with Gasteiger partial charge in [0.1, 0.15) is 22.5 Å². The smallest absolute Gasteiger partial charge is 0.239 e. The van der Waals surface area contributed by atoms with Gasteiger partial charge in [-0.05, 0) is 194 Å². The molecule has 0 unspecified atom stereocenters. The SMILES string of the molecule is CCCC(=O)NC(C)(C)C.CCC[CH2][Sn]([CH2]CCC)([CH2]CCC)[c]1cc(C)ccn1.CN(CC(=O)NC(C)(C)C)c1nc(Cl)nc2c1CCCC2.Cc1ccnc(-c2nc3c(c(N(C)CC(=O)NC(C)(C)C)n2)CCCC3)c1.Clc1nc(Cl)c2c(n1)CCCC2. The standard InChI is InChI=1S/C21H29N5O.C15H23ClN4O.C8H8Cl2N2.C8H17NO.C6H6N.3C4H9.Sn/c1-14-10-11-22-17(12-14)19-23-16-9-7-6-8-15(16)20(24-19)26(5)13-18(27)25-21(2,3)4;1-15(2,3)19-12(21)9-20(4)13-10-7-5-6-8-11(10)17-14(16)18-13;9-7-5-3-1-2-4-6(5)11-8(10)12-7;1-5-6-7(10)9-8(2,3)4;1-6-2-4-7-5-3-6;3*1-3-4-2;/h10-12H,6-9,13H2,1-5H3,(H,25,27);5-9H2,1-4H3,(H,19,21);1-4H2;5-6H2,1-4H3,(H,9,10);2-4H,1H3;3*1,3-4H2,2H3;. The minimum atomic E-state index is -2.25. The van der Waals surface area contributed by atoms with Gasteiger partial charge in [-0.15, -0.1) is 0 Å². The summed E-state index contributed by atoms with van der Waals surface area (Å²) in [6.07, 6.45) is 26.3. The number of unbranched alkanes of at least 4 members (excludes halogenated alkanes) is 3. The van der Waals surface area contributed by atoms with E-state index in [4.69, 9.17) is 49.8 Å². The van der Waals surface area contributed by atoms with E-state index in [1.165, 1.54) is 75.8 Å². The summed E-state index contributed by atoms with van der Waals surface area (Å²) < 4.78 is 6.11. The fraction of sp³-hybridized carbons (Fsp3) is 0.643. The Bertz CT molecular complexity index is 3050. The Hall–Kier alpha value is -4.78. The third-order valence-electron chi connectivity index (χ3n) is 15.5. The van der Waals surface area contributed by atoms with Crippen LogP contribution < -0.4 is 29.5 Å². The molecule has 5 aromatic rings. The van der Waals surface area contributed by atoms with Crippen LogP contribution in [0.15, 0.2) is 36.7 Å². The maximum atomic E-state index is 12.4. The van der Waals surface area contributed by atoms with Crippen LogP contribution >= 0.6 is 34.8 Å². The number of anilines is 2. The Labute approximate surface area is 560 Å². The van der Waals surface area contributed by atoms with Crippen molar-refractivity contribution >= 4 is 86.2 Å². The van der Waals surface area contributed by atoms with Crippen molar-refractivity contribution in [3.63, 3.8) is 0 Å². The summed E-state index contributed by atoms with van der Waals surface area (Å²) in [6, 6.07) is 8.54. The molecule has 3 aliphatic rings. The Morgan fingerprint density at radius 1 is 0.500 bits per heavy atom. The summed E-state index contributed by atoms with van der Waals surface area (Å²) in [5.41, 5.74) is 9.29. The van der Waals surface area contributed by atoms with Crippen LogP contribution in [0.3, 0.4) is 0 Å². The van der Waals surface area contributed by atoms with Crippen molar-refractivity contribution in [2.45, 2.75) is 262 Å². The van der Waals surface area contributed by atoms with Crippen LogP contribution in [-0.2, 0) is 52.9 Å². The van der Waals surface area contributed by atoms with E-state index in [1.54, 1.807) is 9.91 Å². The van der Waals surface area contributed by atoms with Crippen molar-refractivity contribution in [3.8, 4) is 11.5 Å². The van der Waals surface area contributed by atoms with Gasteiger partial charge >= 0.3 is 130 Å². The van der Waals surface area contributed by atoms with E-state index in [2.05, 4.69) is 86.9 Å². The molecule has 0 aromatic carbocycles. The van der Waals surface area contributed by atoms with Gasteiger partial charge in [0.15, 0.2) is 5.82 Å². The second kappa shape index (κ2) is 37.8. The molecule has 3 aliphatic carbocycles. The van der Waals surface area contributed by atoms with Gasteiger partial charge in [0, 0.05) is 65.7 Å². The molecule has 3 N–H and O–H groups in total. The molecule has 0 radical (unpaired) electrons. The van der Waals surface area contributed by atoms with Gasteiger partial charge in [-0.3, -0.25) is 19.4 Å². The van der Waals surface area contributed by atoms with E-state index in [9.17, 15) is 14.4 Å². The van der Waals surface area contributed by atoms with Crippen LogP contribution in [0.25, 0.3) is 11.5 Å². The van der Waals surface area contributed by atoms with E-state index in [0.29, 0.717) is 17.4 Å². The van der Waals surface area contributed by atoms with Gasteiger partial charge in [0.2, 0.25) is 28.3 Å². The van der Waals surface area contributed by atoms with Gasteiger partial charge in [-0.2, -0.15) is 0 Å². The summed E-state index contributed by atoms with van der Waals surface area (Å²) >= 11 is 15.4. The summed E-state index contributed by atoms with van der Waals surface area (Å²) in [7, 11) is 3.79. The number of carbonyl (C=O) groups is 3. The number of nitrogens with zero attached hydrogens (tertiary/aromatic N) is 10. The molecule has 3 amide bonds. The average Bonchev–Trinajstić information content (AvgIpc) is 0.937. The van der Waals surface area contributed by atoms with Crippen molar-refractivity contribution in [2.24, 2.45) is 0 Å². The van der Waals surface area contributed by atoms with Crippen molar-refractivity contribution in [1.29, 1.82) is 0 Å². The zero-order valence-corrected chi connectivity index (χ0v) is 63.1. The molecule has 0 atom stereocenters. The second-order valence-corrected chi connectivity index (χ2v) is 41.8. The minimum absolute atomic E-state index is 0.0107. The Morgan fingerprint density at radius 2 is 0.900 bits per heavy atom. The maximum Gasteiger partial charge on any atom is 0.239 e. The Kier molecular flexibility index (Phi) is 32.6. The molecule has 0 spiro atoms. The molecule has 20 heteroatoms. The molecule has 16 nitrogen and oxygen atoms in total. The molecular weight excluding hydrogens is 1300 g/mol. The number of halogens is 3. The van der Waals surface area contributed by atoms with Gasteiger partial charge in [-0.1, -0.05) is 18.5 Å². The molecule has 90 heavy (non-hydrogen) atoms. The number of hydrogen-bond donors (Lipinski definition) is 3. The topological polar surface area (TPSA) is 197 Å². The van der Waals surface area contributed by atoms with Crippen LogP contribution in [-0.4, -0.2) is 120 Å². The molecule has 0 saturated heterocycles. The zero-order valence-electron chi connectivity index (χ0n) is 58.0. The second-order valence-electron chi connectivity index (χ2n) is 27.8. The number of carbonyl (C=O) groups excluding carboxylic acids is 3. The number of rotatable bonds is 19. The Balaban J connectivity index is 0.000000250. The minimum Gasteiger partial charge on any atom is -0.350 e. The van der Waals surface area contributed by atoms with E-state index in [-0.39, 0.29) is 58.0 Å². The number of hydrogen-bond acceptors (Lipinski definition) is 13. The molecule has 5 heterocycles. The molecule has 0 bridgehead atoms. The number of fused-ring (bicyclic) bond motifs is 3. The third kappa shape index (κ3) is 27.4. The Morgan fingerprint density at radius 3 is 1.34 bits per heavy atom. The number of likely N-dealkylation sites (N-methyl/N-ethyl adjacent to an activating group) is 2. The van der Waals surface area contributed by atoms with E-state index in [0.717, 1.165) is 122 Å². The molecule has 498 valence electrons. The predicted molar refractivity (Wildman–Crippen MR) is 378 cm³/mol. The molecule has 0 saturated carbocycles. The summed E-state index contributed by atoms with van der Waals surface area (Å²) in [5.74, 6) is 2.39. The third-order valence-corrected chi connectivity index (χ3v) is 31.3. The normalized spacial score (nSPS) is 13.5. The molecule has 0 aliphatic heterocycles. The number of pyridine rings is 2. The van der Waals surface area contributed by atoms with Crippen LogP contribution in [0.2, 0.25) is 29.0 Å².